The van der Waals surface area contributed by atoms with E-state index in [1.54, 1.807) is 0 Å². The highest BCUT2D eigenvalue weighted by atomic mass is 16.5. The SMILES string of the molecule is CCCCCCC(C)NC(=NC)NCCCOCC1CCCO1. The molecule has 0 aromatic rings. The predicted molar refractivity (Wildman–Crippen MR) is 97.1 cm³/mol. The summed E-state index contributed by atoms with van der Waals surface area (Å²) in [4.78, 5) is 4.29. The molecule has 0 aromatic carbocycles. The summed E-state index contributed by atoms with van der Waals surface area (Å²) in [6.07, 6.45) is 10.1. The van der Waals surface area contributed by atoms with Crippen molar-refractivity contribution in [3.05, 3.63) is 0 Å². The number of ether oxygens (including phenoxy) is 2. The zero-order valence-corrected chi connectivity index (χ0v) is 15.4. The fraction of sp³-hybridized carbons (Fsp3) is 0.944. The first-order valence-corrected chi connectivity index (χ1v) is 9.42. The molecule has 0 bridgehead atoms. The minimum absolute atomic E-state index is 0.325. The third-order valence-electron chi connectivity index (χ3n) is 4.18. The Balaban J connectivity index is 1.97. The van der Waals surface area contributed by atoms with Gasteiger partial charge in [-0.3, -0.25) is 4.99 Å². The predicted octanol–water partition coefficient (Wildman–Crippen LogP) is 3.10. The zero-order valence-electron chi connectivity index (χ0n) is 15.4. The van der Waals surface area contributed by atoms with Crippen LogP contribution < -0.4 is 10.6 Å². The van der Waals surface area contributed by atoms with Crippen molar-refractivity contribution < 1.29 is 9.47 Å². The molecular weight excluding hydrogens is 290 g/mol. The molecule has 1 heterocycles. The zero-order chi connectivity index (χ0) is 16.8. The molecule has 0 spiro atoms. The van der Waals surface area contributed by atoms with Crippen molar-refractivity contribution >= 4 is 5.96 Å². The number of nitrogens with zero attached hydrogens (tertiary/aromatic N) is 1. The van der Waals surface area contributed by atoms with E-state index in [2.05, 4.69) is 29.5 Å². The van der Waals surface area contributed by atoms with Crippen LogP contribution in [0.4, 0.5) is 0 Å². The van der Waals surface area contributed by atoms with Gasteiger partial charge in [0, 0.05) is 32.8 Å². The van der Waals surface area contributed by atoms with Gasteiger partial charge < -0.3 is 20.1 Å². The van der Waals surface area contributed by atoms with E-state index in [0.717, 1.165) is 45.2 Å². The molecule has 1 aliphatic rings. The van der Waals surface area contributed by atoms with Gasteiger partial charge in [0.1, 0.15) is 0 Å². The maximum Gasteiger partial charge on any atom is 0.191 e. The molecule has 1 rings (SSSR count). The van der Waals surface area contributed by atoms with E-state index < -0.39 is 0 Å². The molecule has 0 amide bonds. The van der Waals surface area contributed by atoms with E-state index in [1.165, 1.54) is 38.5 Å². The van der Waals surface area contributed by atoms with Crippen LogP contribution in [0.15, 0.2) is 4.99 Å². The van der Waals surface area contributed by atoms with E-state index in [-0.39, 0.29) is 0 Å². The van der Waals surface area contributed by atoms with Gasteiger partial charge in [-0.1, -0.05) is 32.6 Å². The molecule has 0 radical (unpaired) electrons. The molecule has 5 nitrogen and oxygen atoms in total. The molecular formula is C18H37N3O2. The van der Waals surface area contributed by atoms with Crippen LogP contribution in [0.1, 0.15) is 65.2 Å². The second-order valence-corrected chi connectivity index (χ2v) is 6.46. The normalized spacial score (nSPS) is 19.8. The summed E-state index contributed by atoms with van der Waals surface area (Å²) in [5.41, 5.74) is 0. The number of nitrogens with one attached hydrogen (secondary N) is 2. The fourth-order valence-corrected chi connectivity index (χ4v) is 2.75. The van der Waals surface area contributed by atoms with E-state index >= 15 is 0 Å². The van der Waals surface area contributed by atoms with E-state index in [0.29, 0.717) is 12.1 Å². The van der Waals surface area contributed by atoms with Crippen LogP contribution in [0.2, 0.25) is 0 Å². The topological polar surface area (TPSA) is 54.9 Å². The third kappa shape index (κ3) is 10.6. The highest BCUT2D eigenvalue weighted by molar-refractivity contribution is 5.79. The maximum absolute atomic E-state index is 5.66. The van der Waals surface area contributed by atoms with Crippen molar-refractivity contribution in [3.63, 3.8) is 0 Å². The largest absolute Gasteiger partial charge is 0.379 e. The van der Waals surface area contributed by atoms with Gasteiger partial charge in [-0.2, -0.15) is 0 Å². The van der Waals surface area contributed by atoms with Crippen LogP contribution in [-0.4, -0.2) is 51.5 Å². The second-order valence-electron chi connectivity index (χ2n) is 6.46. The Morgan fingerprint density at radius 1 is 1.30 bits per heavy atom. The Bertz CT molecular complexity index is 305. The Kier molecular flexibility index (Phi) is 12.0. The minimum atomic E-state index is 0.325. The van der Waals surface area contributed by atoms with Crippen LogP contribution >= 0.6 is 0 Å². The Morgan fingerprint density at radius 3 is 2.87 bits per heavy atom. The first kappa shape index (κ1) is 20.2. The van der Waals surface area contributed by atoms with Crippen LogP contribution in [0, 0.1) is 0 Å². The minimum Gasteiger partial charge on any atom is -0.379 e. The third-order valence-corrected chi connectivity index (χ3v) is 4.18. The first-order valence-electron chi connectivity index (χ1n) is 9.42. The summed E-state index contributed by atoms with van der Waals surface area (Å²) in [6.45, 7) is 7.77. The summed E-state index contributed by atoms with van der Waals surface area (Å²) >= 11 is 0. The molecule has 0 saturated carbocycles. The highest BCUT2D eigenvalue weighted by Gasteiger charge is 2.14. The van der Waals surface area contributed by atoms with E-state index in [1.807, 2.05) is 7.05 Å². The van der Waals surface area contributed by atoms with E-state index in [9.17, 15) is 0 Å². The van der Waals surface area contributed by atoms with Crippen molar-refractivity contribution in [3.8, 4) is 0 Å². The summed E-state index contributed by atoms with van der Waals surface area (Å²) in [6, 6.07) is 0.467. The molecule has 5 heteroatoms. The van der Waals surface area contributed by atoms with Gasteiger partial charge in [0.25, 0.3) is 0 Å². The van der Waals surface area contributed by atoms with Crippen molar-refractivity contribution in [1.82, 2.24) is 10.6 Å². The van der Waals surface area contributed by atoms with Crippen molar-refractivity contribution in [2.45, 2.75) is 77.4 Å². The molecule has 2 atom stereocenters. The molecule has 0 aromatic heterocycles. The summed E-state index contributed by atoms with van der Waals surface area (Å²) in [5, 5.41) is 6.82. The van der Waals surface area contributed by atoms with Gasteiger partial charge in [0.05, 0.1) is 12.7 Å². The molecule has 1 fully saturated rings. The Morgan fingerprint density at radius 2 is 2.17 bits per heavy atom. The first-order chi connectivity index (χ1) is 11.3. The molecule has 2 N–H and O–H groups in total. The number of rotatable bonds is 12. The average molecular weight is 328 g/mol. The monoisotopic (exact) mass is 327 g/mol. The smallest absolute Gasteiger partial charge is 0.191 e. The fourth-order valence-electron chi connectivity index (χ4n) is 2.75. The lowest BCUT2D eigenvalue weighted by Gasteiger charge is -2.18. The second kappa shape index (κ2) is 13.6. The van der Waals surface area contributed by atoms with Gasteiger partial charge >= 0.3 is 0 Å². The Labute approximate surface area is 142 Å². The lowest BCUT2D eigenvalue weighted by molar-refractivity contribution is 0.0168. The van der Waals surface area contributed by atoms with Gasteiger partial charge in [0.15, 0.2) is 5.96 Å². The van der Waals surface area contributed by atoms with Crippen LogP contribution in [-0.2, 0) is 9.47 Å². The van der Waals surface area contributed by atoms with Crippen molar-refractivity contribution in [2.24, 2.45) is 4.99 Å². The lowest BCUT2D eigenvalue weighted by atomic mass is 10.1. The van der Waals surface area contributed by atoms with Crippen molar-refractivity contribution in [2.75, 3.05) is 33.4 Å². The Hall–Kier alpha value is -0.810. The van der Waals surface area contributed by atoms with Gasteiger partial charge in [-0.15, -0.1) is 0 Å². The molecule has 1 saturated heterocycles. The van der Waals surface area contributed by atoms with Crippen LogP contribution in [0.3, 0.4) is 0 Å². The molecule has 1 aliphatic heterocycles. The quantitative estimate of drug-likeness (QED) is 0.328. The number of unbranched alkanes of at least 4 members (excludes halogenated alkanes) is 3. The van der Waals surface area contributed by atoms with Gasteiger partial charge in [-0.25, -0.2) is 0 Å². The van der Waals surface area contributed by atoms with E-state index in [4.69, 9.17) is 9.47 Å². The standard InChI is InChI=1S/C18H37N3O2/c1-4-5-6-7-10-16(2)21-18(19-3)20-12-9-13-22-15-17-11-8-14-23-17/h16-17H,4-15H2,1-3H3,(H2,19,20,21). The summed E-state index contributed by atoms with van der Waals surface area (Å²) in [5.74, 6) is 0.895. The van der Waals surface area contributed by atoms with Crippen molar-refractivity contribution in [1.29, 1.82) is 0 Å². The highest BCUT2D eigenvalue weighted by Crippen LogP contribution is 2.11. The van der Waals surface area contributed by atoms with Crippen LogP contribution in [0.25, 0.3) is 0 Å². The maximum atomic E-state index is 5.66. The number of hydrogen-bond donors (Lipinski definition) is 2. The molecule has 136 valence electrons. The average Bonchev–Trinajstić information content (AvgIpc) is 3.07. The lowest BCUT2D eigenvalue weighted by Crippen LogP contribution is -2.42. The number of guanidine groups is 1. The molecule has 0 aliphatic carbocycles. The molecule has 23 heavy (non-hydrogen) atoms. The summed E-state index contributed by atoms with van der Waals surface area (Å²) < 4.78 is 11.2. The number of hydrogen-bond acceptors (Lipinski definition) is 3. The molecule has 2 unspecified atom stereocenters. The van der Waals surface area contributed by atoms with Gasteiger partial charge in [0.2, 0.25) is 0 Å². The van der Waals surface area contributed by atoms with Gasteiger partial charge in [-0.05, 0) is 32.6 Å². The number of aliphatic imine (C=N–C) groups is 1. The summed E-state index contributed by atoms with van der Waals surface area (Å²) in [7, 11) is 1.83. The van der Waals surface area contributed by atoms with Crippen LogP contribution in [0.5, 0.6) is 0 Å².